The van der Waals surface area contributed by atoms with Gasteiger partial charge in [0.05, 0.1) is 29.5 Å². The number of carbonyl (C=O) groups is 1. The fourth-order valence-electron chi connectivity index (χ4n) is 8.47. The molecule has 5 atom stereocenters. The predicted molar refractivity (Wildman–Crippen MR) is 135 cm³/mol. The van der Waals surface area contributed by atoms with Crippen LogP contribution in [-0.4, -0.2) is 48.1 Å². The maximum atomic E-state index is 15.0. The number of hydrogen-bond donors (Lipinski definition) is 1. The summed E-state index contributed by atoms with van der Waals surface area (Å²) in [4.78, 5) is 19.3. The maximum absolute atomic E-state index is 15.0. The first kappa shape index (κ1) is 22.1. The van der Waals surface area contributed by atoms with Crippen molar-refractivity contribution in [3.63, 3.8) is 0 Å². The summed E-state index contributed by atoms with van der Waals surface area (Å²) in [6, 6.07) is 16.6. The Kier molecular flexibility index (Phi) is 4.07. The van der Waals surface area contributed by atoms with Gasteiger partial charge in [-0.05, 0) is 62.9 Å². The molecule has 7 nitrogen and oxygen atoms in total. The van der Waals surface area contributed by atoms with Crippen molar-refractivity contribution in [2.75, 3.05) is 23.8 Å². The molecule has 0 aliphatic carbocycles. The highest BCUT2D eigenvalue weighted by atomic mass is 16.8. The lowest BCUT2D eigenvalue weighted by molar-refractivity contribution is -0.165. The van der Waals surface area contributed by atoms with Crippen LogP contribution in [0.5, 0.6) is 0 Å². The highest BCUT2D eigenvalue weighted by Gasteiger charge is 2.74. The van der Waals surface area contributed by atoms with Gasteiger partial charge >= 0.3 is 0 Å². The number of hydrogen-bond acceptors (Lipinski definition) is 6. The molecule has 2 aromatic rings. The molecule has 0 saturated carbocycles. The summed E-state index contributed by atoms with van der Waals surface area (Å²) < 4.78 is 13.0. The topological polar surface area (TPSA) is 77.8 Å². The number of ether oxygens (including phenoxy) is 2. The minimum absolute atomic E-state index is 0.0285. The van der Waals surface area contributed by atoms with Gasteiger partial charge in [0.2, 0.25) is 5.91 Å². The molecule has 2 saturated heterocycles. The first-order valence-corrected chi connectivity index (χ1v) is 12.9. The average molecular weight is 485 g/mol. The lowest BCUT2D eigenvalue weighted by atomic mass is 9.50. The summed E-state index contributed by atoms with van der Waals surface area (Å²) in [5.74, 6) is -0.732. The van der Waals surface area contributed by atoms with Crippen molar-refractivity contribution in [1.82, 2.24) is 4.90 Å². The number of piperidine rings is 1. The molecule has 7 heteroatoms. The molecule has 2 fully saturated rings. The second-order valence-electron chi connectivity index (χ2n) is 12.0. The summed E-state index contributed by atoms with van der Waals surface area (Å²) in [5.41, 5.74) is 3.13. The number of fused-ring (bicyclic) bond motifs is 2. The number of rotatable bonds is 2. The van der Waals surface area contributed by atoms with Gasteiger partial charge in [-0.1, -0.05) is 30.3 Å². The zero-order valence-electron chi connectivity index (χ0n) is 21.5. The molecule has 6 aliphatic rings. The Hall–Kier alpha value is -3.08. The number of nitrogens with zero attached hydrogens (tertiary/aromatic N) is 3. The number of nitriles is 1. The third-order valence-electron chi connectivity index (χ3n) is 9.46. The number of carbonyl (C=O) groups excluding carboxylic acids is 1. The van der Waals surface area contributed by atoms with Crippen LogP contribution < -0.4 is 10.2 Å². The molecule has 6 aliphatic heterocycles. The molecule has 6 heterocycles. The van der Waals surface area contributed by atoms with Crippen LogP contribution in [0.25, 0.3) is 0 Å². The molecule has 1 N–H and O–H groups in total. The van der Waals surface area contributed by atoms with Crippen LogP contribution >= 0.6 is 0 Å². The molecule has 2 aromatic carbocycles. The summed E-state index contributed by atoms with van der Waals surface area (Å²) in [6.07, 6.45) is 0.411. The van der Waals surface area contributed by atoms with Crippen molar-refractivity contribution >= 4 is 17.3 Å². The van der Waals surface area contributed by atoms with Crippen molar-refractivity contribution in [1.29, 1.82) is 5.26 Å². The Bertz CT molecular complexity index is 1360. The van der Waals surface area contributed by atoms with Crippen molar-refractivity contribution in [3.05, 3.63) is 59.2 Å². The van der Waals surface area contributed by atoms with E-state index in [0.29, 0.717) is 6.54 Å². The summed E-state index contributed by atoms with van der Waals surface area (Å²) in [7, 11) is 2.11. The van der Waals surface area contributed by atoms with Crippen LogP contribution in [0.3, 0.4) is 0 Å². The first-order chi connectivity index (χ1) is 17.1. The van der Waals surface area contributed by atoms with Gasteiger partial charge in [0.15, 0.2) is 5.79 Å². The fraction of sp³-hybridized carbons (Fsp3) is 0.517. The monoisotopic (exact) mass is 484 g/mol. The van der Waals surface area contributed by atoms with Crippen molar-refractivity contribution < 1.29 is 14.3 Å². The van der Waals surface area contributed by atoms with E-state index in [2.05, 4.69) is 55.4 Å². The highest BCUT2D eigenvalue weighted by Crippen LogP contribution is 2.68. The summed E-state index contributed by atoms with van der Waals surface area (Å²) >= 11 is 0. The van der Waals surface area contributed by atoms with Crippen LogP contribution in [0, 0.1) is 11.3 Å². The third-order valence-corrected chi connectivity index (χ3v) is 9.46. The van der Waals surface area contributed by atoms with Crippen LogP contribution in [0.4, 0.5) is 11.4 Å². The van der Waals surface area contributed by atoms with E-state index >= 15 is 4.79 Å². The first-order valence-electron chi connectivity index (χ1n) is 12.9. The van der Waals surface area contributed by atoms with E-state index in [1.807, 2.05) is 43.0 Å². The van der Waals surface area contributed by atoms with Crippen molar-refractivity contribution in [2.24, 2.45) is 0 Å². The fourth-order valence-corrected chi connectivity index (χ4v) is 8.47. The van der Waals surface area contributed by atoms with Gasteiger partial charge in [0.25, 0.3) is 0 Å². The van der Waals surface area contributed by atoms with Crippen molar-refractivity contribution in [3.8, 4) is 6.07 Å². The standard InChI is InChI=1S/C29H32N4O3/c1-26(2)23(35-27(3,4)36-26)22-17-9-8-12-20-21(17)29-14-16-33(22)25(34)28(29,13-15-30)18-10-6-7-11-19(18)31-24(29)32(20)5/h6-12,22-24,31H,13-14,16H2,1-5H3/t22-,23-,24+,28-,29-/m0/s1. The average Bonchev–Trinajstić information content (AvgIpc) is 3.10. The van der Waals surface area contributed by atoms with Gasteiger partial charge in [0, 0.05) is 25.0 Å². The Morgan fingerprint density at radius 2 is 1.92 bits per heavy atom. The van der Waals surface area contributed by atoms with Gasteiger partial charge in [0.1, 0.15) is 17.7 Å². The molecular formula is C29H32N4O3. The number of nitrogens with one attached hydrogen (secondary N) is 1. The molecular weight excluding hydrogens is 452 g/mol. The van der Waals surface area contributed by atoms with E-state index in [0.717, 1.165) is 28.9 Å². The Labute approximate surface area is 212 Å². The number of amides is 1. The minimum Gasteiger partial charge on any atom is -0.364 e. The zero-order chi connectivity index (χ0) is 25.3. The number of likely N-dealkylation sites (N-methyl/N-ethyl adjacent to an activating group) is 1. The molecule has 8 rings (SSSR count). The van der Waals surface area contributed by atoms with Gasteiger partial charge in [-0.2, -0.15) is 5.26 Å². The van der Waals surface area contributed by atoms with Crippen LogP contribution in [0.2, 0.25) is 0 Å². The van der Waals surface area contributed by atoms with E-state index in [-0.39, 0.29) is 30.6 Å². The quantitative estimate of drug-likeness (QED) is 0.689. The normalized spacial score (nSPS) is 36.1. The summed E-state index contributed by atoms with van der Waals surface area (Å²) in [5, 5.41) is 14.1. The molecule has 1 spiro atoms. The maximum Gasteiger partial charge on any atom is 0.236 e. The molecule has 0 aromatic heterocycles. The van der Waals surface area contributed by atoms with Gasteiger partial charge < -0.3 is 24.6 Å². The molecule has 0 radical (unpaired) electrons. The Morgan fingerprint density at radius 1 is 1.14 bits per heavy atom. The van der Waals surface area contributed by atoms with E-state index in [1.54, 1.807) is 0 Å². The molecule has 1 amide bonds. The Balaban J connectivity index is 1.59. The highest BCUT2D eigenvalue weighted by molar-refractivity contribution is 5.99. The second-order valence-corrected chi connectivity index (χ2v) is 12.0. The third kappa shape index (κ3) is 2.29. The molecule has 186 valence electrons. The minimum atomic E-state index is -0.990. The molecule has 2 bridgehead atoms. The lowest BCUT2D eigenvalue weighted by Gasteiger charge is -2.58. The van der Waals surface area contributed by atoms with E-state index in [9.17, 15) is 5.26 Å². The number of benzene rings is 2. The SMILES string of the molecule is CN1c2cccc3c2[C@]24CCN(C(=O)[C@]2(CC#N)c2ccccc2N[C@H]14)[C@@H]3[C@@H]1OC(C)(C)OC1(C)C. The van der Waals surface area contributed by atoms with Crippen LogP contribution in [0.1, 0.15) is 63.3 Å². The van der Waals surface area contributed by atoms with Gasteiger partial charge in [-0.25, -0.2) is 0 Å². The van der Waals surface area contributed by atoms with E-state index in [1.165, 1.54) is 5.56 Å². The smallest absolute Gasteiger partial charge is 0.236 e. The molecule has 36 heavy (non-hydrogen) atoms. The van der Waals surface area contributed by atoms with E-state index in [4.69, 9.17) is 9.47 Å². The number of anilines is 2. The van der Waals surface area contributed by atoms with Gasteiger partial charge in [-0.15, -0.1) is 0 Å². The predicted octanol–water partition coefficient (Wildman–Crippen LogP) is 4.19. The lowest BCUT2D eigenvalue weighted by Crippen LogP contribution is -2.71. The summed E-state index contributed by atoms with van der Waals surface area (Å²) in [6.45, 7) is 8.60. The van der Waals surface area contributed by atoms with Crippen molar-refractivity contribution in [2.45, 2.75) is 81.1 Å². The number of para-hydroxylation sites is 1. The molecule has 0 unspecified atom stereocenters. The Morgan fingerprint density at radius 3 is 2.64 bits per heavy atom. The second kappa shape index (κ2) is 6.62. The van der Waals surface area contributed by atoms with Crippen LogP contribution in [0.15, 0.2) is 42.5 Å². The van der Waals surface area contributed by atoms with E-state index < -0.39 is 22.2 Å². The largest absolute Gasteiger partial charge is 0.364 e. The van der Waals surface area contributed by atoms with Crippen LogP contribution in [-0.2, 0) is 25.1 Å². The zero-order valence-corrected chi connectivity index (χ0v) is 21.5. The van der Waals surface area contributed by atoms with Gasteiger partial charge in [-0.3, -0.25) is 4.79 Å².